The van der Waals surface area contributed by atoms with Crippen molar-refractivity contribution in [3.8, 4) is 11.5 Å². The minimum Gasteiger partial charge on any atom is -0.493 e. The molecule has 1 fully saturated rings. The van der Waals surface area contributed by atoms with E-state index in [1.165, 1.54) is 49.6 Å². The predicted molar refractivity (Wildman–Crippen MR) is 139 cm³/mol. The smallest absolute Gasteiger partial charge is 0.335 e. The molecule has 194 valence electrons. The third-order valence-corrected chi connectivity index (χ3v) is 5.71. The molecule has 2 N–H and O–H groups in total. The fourth-order valence-corrected chi connectivity index (χ4v) is 3.86. The molecule has 11 heteroatoms. The number of nitrogens with zero attached hydrogens (tertiary/aromatic N) is 1. The molecule has 1 aliphatic rings. The second-order valence-electron chi connectivity index (χ2n) is 8.17. The molecule has 5 amide bonds. The minimum absolute atomic E-state index is 0.0425. The van der Waals surface area contributed by atoms with Crippen molar-refractivity contribution in [1.82, 2.24) is 5.32 Å². The lowest BCUT2D eigenvalue weighted by molar-refractivity contribution is -0.122. The van der Waals surface area contributed by atoms with Crippen LogP contribution in [0.2, 0.25) is 5.02 Å². The number of halogens is 2. The molecule has 0 radical (unpaired) electrons. The van der Waals surface area contributed by atoms with Gasteiger partial charge in [0.1, 0.15) is 11.4 Å². The highest BCUT2D eigenvalue weighted by Crippen LogP contribution is 2.37. The van der Waals surface area contributed by atoms with Crippen molar-refractivity contribution in [3.63, 3.8) is 0 Å². The number of ether oxygens (including phenoxy) is 2. The molecule has 0 saturated carbocycles. The first-order chi connectivity index (χ1) is 18.2. The Morgan fingerprint density at radius 2 is 1.76 bits per heavy atom. The summed E-state index contributed by atoms with van der Waals surface area (Å²) in [4.78, 5) is 51.1. The van der Waals surface area contributed by atoms with Gasteiger partial charge in [-0.2, -0.15) is 0 Å². The summed E-state index contributed by atoms with van der Waals surface area (Å²) in [6.07, 6.45) is 1.27. The van der Waals surface area contributed by atoms with E-state index in [0.717, 1.165) is 10.5 Å². The van der Waals surface area contributed by atoms with Crippen molar-refractivity contribution >= 4 is 52.8 Å². The first-order valence-corrected chi connectivity index (χ1v) is 11.6. The number of nitrogens with one attached hydrogen (secondary N) is 2. The maximum Gasteiger partial charge on any atom is 0.335 e. The van der Waals surface area contributed by atoms with Crippen LogP contribution in [0.1, 0.15) is 11.1 Å². The van der Waals surface area contributed by atoms with Gasteiger partial charge in [-0.15, -0.1) is 0 Å². The van der Waals surface area contributed by atoms with Gasteiger partial charge in [0.25, 0.3) is 17.7 Å². The lowest BCUT2D eigenvalue weighted by Gasteiger charge is -2.26. The molecule has 1 aliphatic heterocycles. The number of imide groups is 2. The van der Waals surface area contributed by atoms with E-state index in [9.17, 15) is 23.6 Å². The number of methoxy groups -OCH3 is 1. The van der Waals surface area contributed by atoms with E-state index in [2.05, 4.69) is 10.6 Å². The van der Waals surface area contributed by atoms with E-state index >= 15 is 0 Å². The normalized spacial score (nSPS) is 14.4. The fourth-order valence-electron chi connectivity index (χ4n) is 3.58. The van der Waals surface area contributed by atoms with Crippen LogP contribution in [0.3, 0.4) is 0 Å². The highest BCUT2D eigenvalue weighted by molar-refractivity contribution is 6.39. The fraction of sp³-hybridized carbons (Fsp3) is 0.111. The zero-order chi connectivity index (χ0) is 27.4. The Bertz CT molecular complexity index is 1450. The van der Waals surface area contributed by atoms with Crippen LogP contribution in [-0.4, -0.2) is 37.5 Å². The Kier molecular flexibility index (Phi) is 7.73. The van der Waals surface area contributed by atoms with E-state index in [-0.39, 0.29) is 22.1 Å². The third kappa shape index (κ3) is 5.81. The SMILES string of the molecule is COc1cc(/C=C2\C(=O)NC(=O)N(c3ccc(C)cc3)C2=O)cc(Cl)c1OCC(=O)Nc1ccc(F)cc1. The Hall–Kier alpha value is -4.70. The number of carbonyl (C=O) groups excluding carboxylic acids is 4. The van der Waals surface area contributed by atoms with Crippen LogP contribution in [0.15, 0.2) is 66.2 Å². The van der Waals surface area contributed by atoms with Crippen molar-refractivity contribution in [3.05, 3.63) is 88.2 Å². The molecule has 9 nitrogen and oxygen atoms in total. The predicted octanol–water partition coefficient (Wildman–Crippen LogP) is 4.48. The number of hydrogen-bond acceptors (Lipinski definition) is 6. The Balaban J connectivity index is 1.55. The molecule has 0 spiro atoms. The van der Waals surface area contributed by atoms with Gasteiger partial charge in [-0.25, -0.2) is 14.1 Å². The number of hydrogen-bond donors (Lipinski definition) is 2. The van der Waals surface area contributed by atoms with Crippen LogP contribution >= 0.6 is 11.6 Å². The first-order valence-electron chi connectivity index (χ1n) is 11.2. The number of rotatable bonds is 7. The number of anilines is 2. The van der Waals surface area contributed by atoms with Crippen LogP contribution < -0.4 is 25.0 Å². The molecule has 38 heavy (non-hydrogen) atoms. The lowest BCUT2D eigenvalue weighted by Crippen LogP contribution is -2.54. The van der Waals surface area contributed by atoms with Gasteiger partial charge >= 0.3 is 6.03 Å². The van der Waals surface area contributed by atoms with Gasteiger partial charge in [0.15, 0.2) is 18.1 Å². The molecule has 0 bridgehead atoms. The summed E-state index contributed by atoms with van der Waals surface area (Å²) in [5.74, 6) is -2.44. The van der Waals surface area contributed by atoms with E-state index < -0.39 is 36.2 Å². The quantitative estimate of drug-likeness (QED) is 0.339. The molecule has 3 aromatic rings. The molecule has 0 atom stereocenters. The second-order valence-corrected chi connectivity index (χ2v) is 8.58. The molecular formula is C27H21ClFN3O6. The van der Waals surface area contributed by atoms with Crippen molar-refractivity contribution in [2.24, 2.45) is 0 Å². The summed E-state index contributed by atoms with van der Waals surface area (Å²) >= 11 is 6.37. The largest absolute Gasteiger partial charge is 0.493 e. The standard InChI is InChI=1S/C27H21ClFN3O6/c1-15-3-9-19(10-4-15)32-26(35)20(25(34)31-27(32)36)11-16-12-21(28)24(22(13-16)37-2)38-14-23(33)30-18-7-5-17(29)6-8-18/h3-13H,14H2,1-2H3,(H,30,33)(H,31,34,36)/b20-11+. The lowest BCUT2D eigenvalue weighted by atomic mass is 10.1. The van der Waals surface area contributed by atoms with E-state index in [1.807, 2.05) is 6.92 Å². The molecule has 0 aromatic heterocycles. The Morgan fingerprint density at radius 3 is 2.42 bits per heavy atom. The summed E-state index contributed by atoms with van der Waals surface area (Å²) in [7, 11) is 1.35. The van der Waals surface area contributed by atoms with Crippen LogP contribution in [0, 0.1) is 12.7 Å². The zero-order valence-corrected chi connectivity index (χ0v) is 21.0. The Labute approximate surface area is 221 Å². The Morgan fingerprint density at radius 1 is 1.08 bits per heavy atom. The van der Waals surface area contributed by atoms with Crippen LogP contribution in [0.4, 0.5) is 20.6 Å². The highest BCUT2D eigenvalue weighted by atomic mass is 35.5. The number of amides is 5. The first kappa shape index (κ1) is 26.4. The molecule has 1 heterocycles. The van der Waals surface area contributed by atoms with Gasteiger partial charge in [0.2, 0.25) is 0 Å². The number of aryl methyl sites for hydroxylation is 1. The summed E-state index contributed by atoms with van der Waals surface area (Å²) in [5, 5.41) is 4.76. The van der Waals surface area contributed by atoms with Gasteiger partial charge < -0.3 is 14.8 Å². The number of carbonyl (C=O) groups is 4. The van der Waals surface area contributed by atoms with Crippen molar-refractivity contribution in [1.29, 1.82) is 0 Å². The monoisotopic (exact) mass is 537 g/mol. The molecule has 1 saturated heterocycles. The van der Waals surface area contributed by atoms with Gasteiger partial charge in [-0.1, -0.05) is 29.3 Å². The molecule has 3 aromatic carbocycles. The van der Waals surface area contributed by atoms with Crippen LogP contribution in [0.25, 0.3) is 6.08 Å². The third-order valence-electron chi connectivity index (χ3n) is 5.43. The van der Waals surface area contributed by atoms with Gasteiger partial charge in [0.05, 0.1) is 17.8 Å². The maximum atomic E-state index is 13.1. The summed E-state index contributed by atoms with van der Waals surface area (Å²) in [5.41, 5.74) is 1.63. The van der Waals surface area contributed by atoms with Crippen molar-refractivity contribution in [2.45, 2.75) is 6.92 Å². The number of benzene rings is 3. The van der Waals surface area contributed by atoms with Crippen LogP contribution in [-0.2, 0) is 14.4 Å². The van der Waals surface area contributed by atoms with Crippen LogP contribution in [0.5, 0.6) is 11.5 Å². The molecular weight excluding hydrogens is 517 g/mol. The average molecular weight is 538 g/mol. The summed E-state index contributed by atoms with van der Waals surface area (Å²) in [6, 6.07) is 13.9. The minimum atomic E-state index is -0.865. The number of urea groups is 1. The molecule has 4 rings (SSSR count). The summed E-state index contributed by atoms with van der Waals surface area (Å²) < 4.78 is 23.9. The molecule has 0 aliphatic carbocycles. The topological polar surface area (TPSA) is 114 Å². The van der Waals surface area contributed by atoms with E-state index in [1.54, 1.807) is 24.3 Å². The average Bonchev–Trinajstić information content (AvgIpc) is 2.88. The van der Waals surface area contributed by atoms with E-state index in [0.29, 0.717) is 16.9 Å². The molecule has 0 unspecified atom stereocenters. The second kappa shape index (κ2) is 11.1. The van der Waals surface area contributed by atoms with E-state index in [4.69, 9.17) is 21.1 Å². The van der Waals surface area contributed by atoms with Crippen molar-refractivity contribution < 1.29 is 33.0 Å². The maximum absolute atomic E-state index is 13.1. The zero-order valence-electron chi connectivity index (χ0n) is 20.2. The highest BCUT2D eigenvalue weighted by Gasteiger charge is 2.36. The van der Waals surface area contributed by atoms with Gasteiger partial charge in [-0.05, 0) is 67.1 Å². The number of barbiturate groups is 1. The van der Waals surface area contributed by atoms with Crippen molar-refractivity contribution in [2.75, 3.05) is 23.9 Å². The van der Waals surface area contributed by atoms with Gasteiger partial charge in [-0.3, -0.25) is 19.7 Å². The summed E-state index contributed by atoms with van der Waals surface area (Å²) in [6.45, 7) is 1.43. The van der Waals surface area contributed by atoms with Gasteiger partial charge in [0, 0.05) is 5.69 Å².